The number of rotatable bonds is 3. The number of piperidine rings is 1. The highest BCUT2D eigenvalue weighted by Crippen LogP contribution is 2.18. The minimum atomic E-state index is 0.208. The molecule has 2 unspecified atom stereocenters. The number of nitrogens with one attached hydrogen (secondary N) is 2. The molecule has 2 N–H and O–H groups in total. The molecule has 0 aromatic heterocycles. The highest BCUT2D eigenvalue weighted by Gasteiger charge is 2.24. The summed E-state index contributed by atoms with van der Waals surface area (Å²) in [6, 6.07) is 0.510. The van der Waals surface area contributed by atoms with Crippen LogP contribution in [0.15, 0.2) is 0 Å². The van der Waals surface area contributed by atoms with E-state index in [9.17, 15) is 4.79 Å². The highest BCUT2D eigenvalue weighted by molar-refractivity contribution is 5.76. The number of hydrogen-bond donors (Lipinski definition) is 2. The number of carbonyl (C=O) groups excluding carboxylic acids is 1. The van der Waals surface area contributed by atoms with Gasteiger partial charge in [0.05, 0.1) is 0 Å². The van der Waals surface area contributed by atoms with Gasteiger partial charge in [-0.25, -0.2) is 0 Å². The zero-order chi connectivity index (χ0) is 8.97. The smallest absolute Gasteiger partial charge is 0.220 e. The monoisotopic (exact) mass is 170 g/mol. The lowest BCUT2D eigenvalue weighted by molar-refractivity contribution is -0.123. The molecule has 1 heterocycles. The van der Waals surface area contributed by atoms with Crippen LogP contribution in [0.5, 0.6) is 0 Å². The van der Waals surface area contributed by atoms with E-state index in [1.54, 1.807) is 0 Å². The van der Waals surface area contributed by atoms with Crippen LogP contribution in [0.2, 0.25) is 0 Å². The summed E-state index contributed by atoms with van der Waals surface area (Å²) in [6.45, 7) is 3.01. The van der Waals surface area contributed by atoms with E-state index in [-0.39, 0.29) is 5.91 Å². The zero-order valence-electron chi connectivity index (χ0n) is 7.89. The van der Waals surface area contributed by atoms with Gasteiger partial charge in [-0.2, -0.15) is 0 Å². The molecular weight excluding hydrogens is 152 g/mol. The van der Waals surface area contributed by atoms with Crippen LogP contribution in [0, 0.1) is 5.92 Å². The molecule has 3 nitrogen and oxygen atoms in total. The molecule has 1 rings (SSSR count). The molecule has 0 aliphatic carbocycles. The maximum absolute atomic E-state index is 11.1. The molecule has 70 valence electrons. The second-order valence-electron chi connectivity index (χ2n) is 3.41. The van der Waals surface area contributed by atoms with E-state index in [0.29, 0.717) is 18.4 Å². The van der Waals surface area contributed by atoms with Gasteiger partial charge in [-0.3, -0.25) is 4.79 Å². The summed E-state index contributed by atoms with van der Waals surface area (Å²) in [5, 5.41) is 6.11. The van der Waals surface area contributed by atoms with Crippen LogP contribution in [0.1, 0.15) is 26.2 Å². The SMILES string of the molecule is CCC(NC)C1CCNC(=O)C1. The maximum Gasteiger partial charge on any atom is 0.220 e. The van der Waals surface area contributed by atoms with Crippen LogP contribution < -0.4 is 10.6 Å². The van der Waals surface area contributed by atoms with Crippen molar-refractivity contribution in [3.8, 4) is 0 Å². The molecule has 1 aliphatic heterocycles. The van der Waals surface area contributed by atoms with E-state index in [1.165, 1.54) is 0 Å². The van der Waals surface area contributed by atoms with Gasteiger partial charge in [0.1, 0.15) is 0 Å². The highest BCUT2D eigenvalue weighted by atomic mass is 16.1. The van der Waals surface area contributed by atoms with Crippen LogP contribution in [0.4, 0.5) is 0 Å². The summed E-state index contributed by atoms with van der Waals surface area (Å²) in [4.78, 5) is 11.1. The Kier molecular flexibility index (Phi) is 3.53. The van der Waals surface area contributed by atoms with Gasteiger partial charge in [-0.15, -0.1) is 0 Å². The molecule has 12 heavy (non-hydrogen) atoms. The minimum Gasteiger partial charge on any atom is -0.356 e. The van der Waals surface area contributed by atoms with Crippen molar-refractivity contribution in [3.05, 3.63) is 0 Å². The summed E-state index contributed by atoms with van der Waals surface area (Å²) in [6.07, 6.45) is 2.92. The molecule has 0 aromatic carbocycles. The number of carbonyl (C=O) groups is 1. The fraction of sp³-hybridized carbons (Fsp3) is 0.889. The minimum absolute atomic E-state index is 0.208. The molecule has 0 radical (unpaired) electrons. The first-order valence-corrected chi connectivity index (χ1v) is 4.72. The largest absolute Gasteiger partial charge is 0.356 e. The van der Waals surface area contributed by atoms with E-state index >= 15 is 0 Å². The molecule has 1 aliphatic rings. The van der Waals surface area contributed by atoms with Crippen molar-refractivity contribution in [2.24, 2.45) is 5.92 Å². The van der Waals surface area contributed by atoms with Gasteiger partial charge in [0.2, 0.25) is 5.91 Å². The normalized spacial score (nSPS) is 26.5. The van der Waals surface area contributed by atoms with E-state index in [1.807, 2.05) is 7.05 Å². The lowest BCUT2D eigenvalue weighted by Gasteiger charge is -2.29. The molecule has 0 spiro atoms. The third kappa shape index (κ3) is 2.21. The predicted octanol–water partition coefficient (Wildman–Crippen LogP) is 0.511. The van der Waals surface area contributed by atoms with E-state index in [2.05, 4.69) is 17.6 Å². The van der Waals surface area contributed by atoms with Gasteiger partial charge in [-0.1, -0.05) is 6.92 Å². The first kappa shape index (κ1) is 9.52. The van der Waals surface area contributed by atoms with Crippen LogP contribution in [-0.4, -0.2) is 25.5 Å². The average Bonchev–Trinajstić information content (AvgIpc) is 2.07. The predicted molar refractivity (Wildman–Crippen MR) is 48.9 cm³/mol. The van der Waals surface area contributed by atoms with Crippen LogP contribution >= 0.6 is 0 Å². The molecule has 3 heteroatoms. The quantitative estimate of drug-likeness (QED) is 0.648. The molecule has 1 amide bonds. The standard InChI is InChI=1S/C9H18N2O/c1-3-8(10-2)7-4-5-11-9(12)6-7/h7-8,10H,3-6H2,1-2H3,(H,11,12). The van der Waals surface area contributed by atoms with E-state index in [4.69, 9.17) is 0 Å². The van der Waals surface area contributed by atoms with Gasteiger partial charge in [-0.05, 0) is 25.8 Å². The fourth-order valence-corrected chi connectivity index (χ4v) is 1.93. The summed E-state index contributed by atoms with van der Waals surface area (Å²) in [5.41, 5.74) is 0. The molecule has 2 atom stereocenters. The molecule has 0 bridgehead atoms. The molecule has 1 fully saturated rings. The first-order valence-electron chi connectivity index (χ1n) is 4.72. The summed E-state index contributed by atoms with van der Waals surface area (Å²) in [5.74, 6) is 0.744. The second-order valence-corrected chi connectivity index (χ2v) is 3.41. The van der Waals surface area contributed by atoms with Crippen molar-refractivity contribution < 1.29 is 4.79 Å². The Bertz CT molecular complexity index is 155. The van der Waals surface area contributed by atoms with Crippen molar-refractivity contribution >= 4 is 5.91 Å². The Morgan fingerprint density at radius 3 is 3.00 bits per heavy atom. The van der Waals surface area contributed by atoms with Crippen molar-refractivity contribution in [2.45, 2.75) is 32.2 Å². The van der Waals surface area contributed by atoms with Crippen LogP contribution in [0.25, 0.3) is 0 Å². The Labute approximate surface area is 73.9 Å². The fourth-order valence-electron chi connectivity index (χ4n) is 1.93. The summed E-state index contributed by atoms with van der Waals surface area (Å²) >= 11 is 0. The summed E-state index contributed by atoms with van der Waals surface area (Å²) < 4.78 is 0. The Morgan fingerprint density at radius 2 is 2.50 bits per heavy atom. The van der Waals surface area contributed by atoms with Crippen molar-refractivity contribution in [2.75, 3.05) is 13.6 Å². The van der Waals surface area contributed by atoms with Crippen LogP contribution in [-0.2, 0) is 4.79 Å². The third-order valence-electron chi connectivity index (χ3n) is 2.66. The first-order chi connectivity index (χ1) is 5.77. The Hall–Kier alpha value is -0.570. The topological polar surface area (TPSA) is 41.1 Å². The van der Waals surface area contributed by atoms with Crippen molar-refractivity contribution in [1.82, 2.24) is 10.6 Å². The molecule has 0 saturated carbocycles. The average molecular weight is 170 g/mol. The lowest BCUT2D eigenvalue weighted by atomic mass is 9.88. The van der Waals surface area contributed by atoms with Gasteiger partial charge >= 0.3 is 0 Å². The van der Waals surface area contributed by atoms with Gasteiger partial charge in [0.25, 0.3) is 0 Å². The van der Waals surface area contributed by atoms with E-state index in [0.717, 1.165) is 19.4 Å². The number of amides is 1. The zero-order valence-corrected chi connectivity index (χ0v) is 7.89. The lowest BCUT2D eigenvalue weighted by Crippen LogP contribution is -2.42. The van der Waals surface area contributed by atoms with Gasteiger partial charge < -0.3 is 10.6 Å². The Balaban J connectivity index is 2.43. The Morgan fingerprint density at radius 1 is 1.75 bits per heavy atom. The van der Waals surface area contributed by atoms with Gasteiger partial charge in [0.15, 0.2) is 0 Å². The maximum atomic E-state index is 11.1. The molecular formula is C9H18N2O. The molecule has 0 aromatic rings. The molecule has 1 saturated heterocycles. The summed E-state index contributed by atoms with van der Waals surface area (Å²) in [7, 11) is 1.97. The number of hydrogen-bond acceptors (Lipinski definition) is 2. The van der Waals surface area contributed by atoms with E-state index < -0.39 is 0 Å². The van der Waals surface area contributed by atoms with Crippen molar-refractivity contribution in [3.63, 3.8) is 0 Å². The second kappa shape index (κ2) is 4.45. The van der Waals surface area contributed by atoms with Crippen molar-refractivity contribution in [1.29, 1.82) is 0 Å². The van der Waals surface area contributed by atoms with Crippen LogP contribution in [0.3, 0.4) is 0 Å². The van der Waals surface area contributed by atoms with Gasteiger partial charge in [0, 0.05) is 19.0 Å². The third-order valence-corrected chi connectivity index (χ3v) is 2.66.